The molecule has 6 nitrogen and oxygen atoms in total. The molecule has 29 heavy (non-hydrogen) atoms. The molecule has 1 aliphatic rings. The normalized spacial score (nSPS) is 16.2. The number of ether oxygens (including phenoxy) is 2. The lowest BCUT2D eigenvalue weighted by molar-refractivity contribution is 0.0607. The molecule has 1 unspecified atom stereocenters. The van der Waals surface area contributed by atoms with E-state index in [0.29, 0.717) is 34.4 Å². The predicted octanol–water partition coefficient (Wildman–Crippen LogP) is 4.36. The van der Waals surface area contributed by atoms with E-state index in [9.17, 15) is 9.59 Å². The minimum Gasteiger partial charge on any atom is -0.497 e. The zero-order chi connectivity index (χ0) is 20.8. The molecule has 0 spiro atoms. The number of carbonyl (C=O) groups is 2. The molecule has 0 bridgehead atoms. The van der Waals surface area contributed by atoms with E-state index >= 15 is 0 Å². The van der Waals surface area contributed by atoms with Crippen molar-refractivity contribution < 1.29 is 19.1 Å². The molecule has 1 saturated heterocycles. The molecule has 2 aromatic rings. The van der Waals surface area contributed by atoms with E-state index in [4.69, 9.17) is 9.47 Å². The second-order valence-electron chi connectivity index (χ2n) is 7.15. The number of anilines is 1. The Morgan fingerprint density at radius 3 is 2.41 bits per heavy atom. The predicted molar refractivity (Wildman–Crippen MR) is 113 cm³/mol. The second-order valence-corrected chi connectivity index (χ2v) is 7.15. The van der Waals surface area contributed by atoms with Gasteiger partial charge in [0.25, 0.3) is 11.8 Å². The summed E-state index contributed by atoms with van der Waals surface area (Å²) in [5, 5.41) is 2.84. The Kier molecular flexibility index (Phi) is 6.75. The molecule has 1 N–H and O–H groups in total. The van der Waals surface area contributed by atoms with Crippen molar-refractivity contribution in [1.29, 1.82) is 0 Å². The molecule has 154 valence electrons. The van der Waals surface area contributed by atoms with Gasteiger partial charge in [-0.2, -0.15) is 0 Å². The van der Waals surface area contributed by atoms with Crippen molar-refractivity contribution in [2.45, 2.75) is 38.6 Å². The molecule has 0 aromatic heterocycles. The molecule has 0 aliphatic carbocycles. The lowest BCUT2D eigenvalue weighted by Gasteiger charge is -2.35. The number of hydrogen-bond acceptors (Lipinski definition) is 4. The van der Waals surface area contributed by atoms with Crippen molar-refractivity contribution in [3.63, 3.8) is 0 Å². The van der Waals surface area contributed by atoms with Crippen molar-refractivity contribution in [1.82, 2.24) is 4.90 Å². The SMILES string of the molecule is CCC1CCCCN1C(=O)c1ccc(C(=O)Nc2cc(OC)ccc2OC)cc1. The average molecular weight is 396 g/mol. The van der Waals surface area contributed by atoms with Crippen LogP contribution >= 0.6 is 0 Å². The van der Waals surface area contributed by atoms with Gasteiger partial charge in [-0.3, -0.25) is 9.59 Å². The molecular formula is C23H28N2O4. The number of piperidine rings is 1. The van der Waals surface area contributed by atoms with Crippen LogP contribution in [0.2, 0.25) is 0 Å². The third-order valence-electron chi connectivity index (χ3n) is 5.41. The first-order valence-electron chi connectivity index (χ1n) is 10.0. The van der Waals surface area contributed by atoms with Crippen molar-refractivity contribution in [2.75, 3.05) is 26.1 Å². The van der Waals surface area contributed by atoms with Gasteiger partial charge >= 0.3 is 0 Å². The third-order valence-corrected chi connectivity index (χ3v) is 5.41. The fourth-order valence-corrected chi connectivity index (χ4v) is 3.73. The molecule has 2 amide bonds. The van der Waals surface area contributed by atoms with E-state index in [2.05, 4.69) is 12.2 Å². The molecule has 2 aromatic carbocycles. The fraction of sp³-hybridized carbons (Fsp3) is 0.391. The van der Waals surface area contributed by atoms with Crippen LogP contribution in [0.15, 0.2) is 42.5 Å². The maximum atomic E-state index is 12.9. The Morgan fingerprint density at radius 1 is 1.03 bits per heavy atom. The van der Waals surface area contributed by atoms with Gasteiger partial charge in [-0.15, -0.1) is 0 Å². The maximum Gasteiger partial charge on any atom is 0.255 e. The largest absolute Gasteiger partial charge is 0.497 e. The van der Waals surface area contributed by atoms with E-state index in [-0.39, 0.29) is 11.8 Å². The van der Waals surface area contributed by atoms with Gasteiger partial charge in [0.05, 0.1) is 19.9 Å². The second kappa shape index (κ2) is 9.45. The summed E-state index contributed by atoms with van der Waals surface area (Å²) in [6.45, 7) is 2.92. The summed E-state index contributed by atoms with van der Waals surface area (Å²) in [5.74, 6) is 0.925. The van der Waals surface area contributed by atoms with Gasteiger partial charge in [0.1, 0.15) is 11.5 Å². The standard InChI is InChI=1S/C23H28N2O4/c1-4-18-7-5-6-14-25(18)23(27)17-10-8-16(9-11-17)22(26)24-20-15-19(28-2)12-13-21(20)29-3/h8-13,15,18H,4-7,14H2,1-3H3,(H,24,26). The van der Waals surface area contributed by atoms with Gasteiger partial charge in [-0.1, -0.05) is 6.92 Å². The van der Waals surface area contributed by atoms with E-state index < -0.39 is 0 Å². The summed E-state index contributed by atoms with van der Waals surface area (Å²) < 4.78 is 10.5. The Hall–Kier alpha value is -3.02. The first kappa shape index (κ1) is 20.7. The number of hydrogen-bond donors (Lipinski definition) is 1. The number of nitrogens with one attached hydrogen (secondary N) is 1. The third kappa shape index (κ3) is 4.70. The lowest BCUT2D eigenvalue weighted by atomic mass is 9.98. The van der Waals surface area contributed by atoms with Gasteiger partial charge < -0.3 is 19.7 Å². The zero-order valence-corrected chi connectivity index (χ0v) is 17.2. The number of methoxy groups -OCH3 is 2. The van der Waals surface area contributed by atoms with Gasteiger partial charge in [0.2, 0.25) is 0 Å². The van der Waals surface area contributed by atoms with Crippen LogP contribution in [-0.4, -0.2) is 43.5 Å². The Morgan fingerprint density at radius 2 is 1.76 bits per heavy atom. The number of amides is 2. The molecule has 3 rings (SSSR count). The van der Waals surface area contributed by atoms with Gasteiger partial charge in [-0.25, -0.2) is 0 Å². The van der Waals surface area contributed by atoms with Crippen LogP contribution < -0.4 is 14.8 Å². The smallest absolute Gasteiger partial charge is 0.255 e. The van der Waals surface area contributed by atoms with Crippen LogP contribution in [0.25, 0.3) is 0 Å². The Labute approximate surface area is 171 Å². The van der Waals surface area contributed by atoms with Crippen molar-refractivity contribution in [2.24, 2.45) is 0 Å². The monoisotopic (exact) mass is 396 g/mol. The summed E-state index contributed by atoms with van der Waals surface area (Å²) >= 11 is 0. The molecular weight excluding hydrogens is 368 g/mol. The minimum atomic E-state index is -0.278. The van der Waals surface area contributed by atoms with Gasteiger partial charge in [-0.05, 0) is 62.1 Å². The molecule has 1 heterocycles. The van der Waals surface area contributed by atoms with Gasteiger partial charge in [0, 0.05) is 29.8 Å². The topological polar surface area (TPSA) is 67.9 Å². The molecule has 0 radical (unpaired) electrons. The summed E-state index contributed by atoms with van der Waals surface area (Å²) in [6.07, 6.45) is 4.25. The summed E-state index contributed by atoms with van der Waals surface area (Å²) in [5.41, 5.74) is 1.61. The van der Waals surface area contributed by atoms with Crippen molar-refractivity contribution in [3.05, 3.63) is 53.6 Å². The van der Waals surface area contributed by atoms with Crippen LogP contribution in [0.3, 0.4) is 0 Å². The summed E-state index contributed by atoms with van der Waals surface area (Å²) in [7, 11) is 3.11. The van der Waals surface area contributed by atoms with Crippen LogP contribution in [0, 0.1) is 0 Å². The average Bonchev–Trinajstić information content (AvgIpc) is 2.78. The van der Waals surface area contributed by atoms with Crippen LogP contribution in [0.4, 0.5) is 5.69 Å². The molecule has 6 heteroatoms. The highest BCUT2D eigenvalue weighted by molar-refractivity contribution is 6.06. The first-order chi connectivity index (χ1) is 14.1. The Balaban J connectivity index is 1.73. The van der Waals surface area contributed by atoms with E-state index in [1.807, 2.05) is 4.90 Å². The highest BCUT2D eigenvalue weighted by atomic mass is 16.5. The van der Waals surface area contributed by atoms with Crippen molar-refractivity contribution >= 4 is 17.5 Å². The molecule has 1 aliphatic heterocycles. The van der Waals surface area contributed by atoms with Crippen molar-refractivity contribution in [3.8, 4) is 11.5 Å². The molecule has 1 atom stereocenters. The van der Waals surface area contributed by atoms with Crippen LogP contribution in [-0.2, 0) is 0 Å². The number of carbonyl (C=O) groups excluding carboxylic acids is 2. The first-order valence-corrected chi connectivity index (χ1v) is 10.0. The summed E-state index contributed by atoms with van der Waals surface area (Å²) in [6, 6.07) is 12.3. The number of benzene rings is 2. The minimum absolute atomic E-state index is 0.0398. The number of rotatable bonds is 6. The number of likely N-dealkylation sites (tertiary alicyclic amines) is 1. The van der Waals surface area contributed by atoms with Crippen LogP contribution in [0.5, 0.6) is 11.5 Å². The quantitative estimate of drug-likeness (QED) is 0.788. The van der Waals surface area contributed by atoms with Crippen LogP contribution in [0.1, 0.15) is 53.3 Å². The van der Waals surface area contributed by atoms with Gasteiger partial charge in [0.15, 0.2) is 0 Å². The fourth-order valence-electron chi connectivity index (χ4n) is 3.73. The molecule has 1 fully saturated rings. The number of nitrogens with zero attached hydrogens (tertiary/aromatic N) is 1. The maximum absolute atomic E-state index is 12.9. The van der Waals surface area contributed by atoms with E-state index in [0.717, 1.165) is 25.8 Å². The van der Waals surface area contributed by atoms with E-state index in [1.54, 1.807) is 56.7 Å². The highest BCUT2D eigenvalue weighted by Gasteiger charge is 2.26. The lowest BCUT2D eigenvalue weighted by Crippen LogP contribution is -2.43. The zero-order valence-electron chi connectivity index (χ0n) is 17.2. The Bertz CT molecular complexity index is 864. The molecule has 0 saturated carbocycles. The van der Waals surface area contributed by atoms with E-state index in [1.165, 1.54) is 6.42 Å². The highest BCUT2D eigenvalue weighted by Crippen LogP contribution is 2.29. The summed E-state index contributed by atoms with van der Waals surface area (Å²) in [4.78, 5) is 27.5.